The number of carbonyl (C=O) groups is 1. The van der Waals surface area contributed by atoms with E-state index in [9.17, 15) is 4.79 Å². The molecular weight excluding hydrogens is 268 g/mol. The molecule has 0 aromatic carbocycles. The summed E-state index contributed by atoms with van der Waals surface area (Å²) in [5.41, 5.74) is 0.201. The predicted octanol–water partition coefficient (Wildman–Crippen LogP) is 0.798. The van der Waals surface area contributed by atoms with E-state index in [1.807, 2.05) is 0 Å². The van der Waals surface area contributed by atoms with E-state index < -0.39 is 0 Å². The Labute approximate surface area is 115 Å². The molecule has 0 saturated heterocycles. The van der Waals surface area contributed by atoms with Crippen LogP contribution >= 0.6 is 11.6 Å². The number of halogens is 1. The first kappa shape index (κ1) is 13.3. The molecule has 0 spiro atoms. The quantitative estimate of drug-likeness (QED) is 0.846. The number of nitrogens with one attached hydrogen (secondary N) is 2. The summed E-state index contributed by atoms with van der Waals surface area (Å²) in [6.45, 7) is 0.957. The predicted molar refractivity (Wildman–Crippen MR) is 71.1 cm³/mol. The van der Waals surface area contributed by atoms with Crippen molar-refractivity contribution in [2.24, 2.45) is 0 Å². The Balaban J connectivity index is 1.95. The van der Waals surface area contributed by atoms with Crippen molar-refractivity contribution < 1.29 is 4.79 Å². The molecule has 1 amide bonds. The van der Waals surface area contributed by atoms with Crippen molar-refractivity contribution in [1.29, 1.82) is 0 Å². The molecule has 0 aliphatic rings. The van der Waals surface area contributed by atoms with Crippen LogP contribution in [0.2, 0.25) is 5.02 Å². The van der Waals surface area contributed by atoms with Crippen LogP contribution in [0.4, 0.5) is 5.82 Å². The summed E-state index contributed by atoms with van der Waals surface area (Å²) in [6, 6.07) is 3.33. The Morgan fingerprint density at radius 2 is 2.32 bits per heavy atom. The lowest BCUT2D eigenvalue weighted by Crippen LogP contribution is -2.28. The summed E-state index contributed by atoms with van der Waals surface area (Å²) in [7, 11) is 1.72. The van der Waals surface area contributed by atoms with E-state index >= 15 is 0 Å². The number of carbonyl (C=O) groups excluding carboxylic acids is 1. The number of amides is 1. The van der Waals surface area contributed by atoms with Gasteiger partial charge in [-0.3, -0.25) is 9.48 Å². The maximum absolute atomic E-state index is 11.9. The molecule has 0 aliphatic carbocycles. The fraction of sp³-hybridized carbons (Fsp3) is 0.273. The Morgan fingerprint density at radius 1 is 1.47 bits per heavy atom. The maximum Gasteiger partial charge on any atom is 0.271 e. The number of hydrogen-bond donors (Lipinski definition) is 2. The van der Waals surface area contributed by atoms with Gasteiger partial charge >= 0.3 is 0 Å². The van der Waals surface area contributed by atoms with Gasteiger partial charge < -0.3 is 10.6 Å². The zero-order valence-electron chi connectivity index (χ0n) is 10.3. The van der Waals surface area contributed by atoms with Gasteiger partial charge in [-0.15, -0.1) is 5.10 Å². The topological polar surface area (TPSA) is 84.7 Å². The Hall–Kier alpha value is -2.15. The second-order valence-corrected chi connectivity index (χ2v) is 4.11. The molecule has 0 aliphatic heterocycles. The van der Waals surface area contributed by atoms with Crippen LogP contribution in [0.1, 0.15) is 10.5 Å². The molecule has 100 valence electrons. The highest BCUT2D eigenvalue weighted by molar-refractivity contribution is 6.33. The van der Waals surface area contributed by atoms with Crippen LogP contribution in [-0.2, 0) is 6.54 Å². The first-order valence-electron chi connectivity index (χ1n) is 5.67. The average Bonchev–Trinajstić information content (AvgIpc) is 2.92. The van der Waals surface area contributed by atoms with Gasteiger partial charge in [0.05, 0.1) is 17.8 Å². The maximum atomic E-state index is 11.9. The van der Waals surface area contributed by atoms with Gasteiger partial charge in [-0.25, -0.2) is 4.98 Å². The minimum atomic E-state index is -0.317. The minimum absolute atomic E-state index is 0.201. The van der Waals surface area contributed by atoms with Crippen molar-refractivity contribution in [3.63, 3.8) is 0 Å². The summed E-state index contributed by atoms with van der Waals surface area (Å²) in [4.78, 5) is 16.0. The molecule has 0 radical (unpaired) electrons. The summed E-state index contributed by atoms with van der Waals surface area (Å²) >= 11 is 5.95. The molecule has 8 heteroatoms. The van der Waals surface area contributed by atoms with Gasteiger partial charge in [-0.2, -0.15) is 0 Å². The first-order chi connectivity index (χ1) is 9.20. The van der Waals surface area contributed by atoms with E-state index in [4.69, 9.17) is 11.6 Å². The molecule has 0 saturated carbocycles. The van der Waals surface area contributed by atoms with Crippen LogP contribution in [0, 0.1) is 0 Å². The van der Waals surface area contributed by atoms with Gasteiger partial charge in [0.1, 0.15) is 11.5 Å². The summed E-state index contributed by atoms with van der Waals surface area (Å²) < 4.78 is 1.62. The lowest BCUT2D eigenvalue weighted by Gasteiger charge is -2.07. The van der Waals surface area contributed by atoms with Gasteiger partial charge in [-0.05, 0) is 12.1 Å². The molecule has 0 atom stereocenters. The molecule has 2 N–H and O–H groups in total. The number of aromatic nitrogens is 4. The Morgan fingerprint density at radius 3 is 3.00 bits per heavy atom. The van der Waals surface area contributed by atoms with Crippen LogP contribution in [0.5, 0.6) is 0 Å². The number of nitrogens with zero attached hydrogens (tertiary/aromatic N) is 4. The smallest absolute Gasteiger partial charge is 0.271 e. The standard InChI is InChI=1S/C11H13ClN6O/c1-13-9-3-2-8(12)10(16-9)11(19)14-4-6-18-7-5-15-17-18/h2-3,5,7H,4,6H2,1H3,(H,13,16)(H,14,19). The zero-order valence-corrected chi connectivity index (χ0v) is 11.1. The Bertz CT molecular complexity index is 556. The number of hydrogen-bond acceptors (Lipinski definition) is 5. The van der Waals surface area contributed by atoms with Crippen LogP contribution in [-0.4, -0.2) is 39.5 Å². The average molecular weight is 281 g/mol. The zero-order chi connectivity index (χ0) is 13.7. The largest absolute Gasteiger partial charge is 0.373 e. The van der Waals surface area contributed by atoms with Gasteiger partial charge in [-0.1, -0.05) is 16.8 Å². The van der Waals surface area contributed by atoms with E-state index in [0.717, 1.165) is 0 Å². The van der Waals surface area contributed by atoms with E-state index in [-0.39, 0.29) is 11.6 Å². The summed E-state index contributed by atoms with van der Waals surface area (Å²) in [5.74, 6) is 0.271. The molecule has 0 unspecified atom stereocenters. The van der Waals surface area contributed by atoms with Crippen LogP contribution in [0.3, 0.4) is 0 Å². The second kappa shape index (κ2) is 6.14. The van der Waals surface area contributed by atoms with E-state index in [1.165, 1.54) is 0 Å². The van der Waals surface area contributed by atoms with Crippen molar-refractivity contribution >= 4 is 23.3 Å². The third-order valence-corrected chi connectivity index (χ3v) is 2.72. The molecular formula is C11H13ClN6O. The van der Waals surface area contributed by atoms with Gasteiger partial charge in [0, 0.05) is 19.8 Å². The molecule has 2 aromatic heterocycles. The third kappa shape index (κ3) is 3.41. The third-order valence-electron chi connectivity index (χ3n) is 2.42. The molecule has 19 heavy (non-hydrogen) atoms. The lowest BCUT2D eigenvalue weighted by atomic mass is 10.3. The van der Waals surface area contributed by atoms with E-state index in [0.29, 0.717) is 23.9 Å². The monoisotopic (exact) mass is 280 g/mol. The number of pyridine rings is 1. The van der Waals surface area contributed by atoms with Crippen molar-refractivity contribution in [1.82, 2.24) is 25.3 Å². The molecule has 7 nitrogen and oxygen atoms in total. The second-order valence-electron chi connectivity index (χ2n) is 3.70. The SMILES string of the molecule is CNc1ccc(Cl)c(C(=O)NCCn2ccnn2)n1. The molecule has 0 fully saturated rings. The minimum Gasteiger partial charge on any atom is -0.373 e. The molecule has 2 aromatic rings. The lowest BCUT2D eigenvalue weighted by molar-refractivity contribution is 0.0947. The van der Waals surface area contributed by atoms with Gasteiger partial charge in [0.2, 0.25) is 0 Å². The van der Waals surface area contributed by atoms with Crippen LogP contribution < -0.4 is 10.6 Å². The van der Waals surface area contributed by atoms with Crippen LogP contribution in [0.15, 0.2) is 24.5 Å². The normalized spacial score (nSPS) is 10.2. The fourth-order valence-electron chi connectivity index (χ4n) is 1.46. The van der Waals surface area contributed by atoms with Gasteiger partial charge in [0.15, 0.2) is 0 Å². The molecule has 2 rings (SSSR count). The summed E-state index contributed by atoms with van der Waals surface area (Å²) in [5, 5.41) is 13.4. The highest BCUT2D eigenvalue weighted by atomic mass is 35.5. The van der Waals surface area contributed by atoms with Crippen molar-refractivity contribution in [3.05, 3.63) is 35.2 Å². The Kier molecular flexibility index (Phi) is 4.30. The van der Waals surface area contributed by atoms with Crippen molar-refractivity contribution in [2.75, 3.05) is 18.9 Å². The summed E-state index contributed by atoms with van der Waals surface area (Å²) in [6.07, 6.45) is 3.30. The molecule has 0 bridgehead atoms. The fourth-order valence-corrected chi connectivity index (χ4v) is 1.65. The van der Waals surface area contributed by atoms with Crippen LogP contribution in [0.25, 0.3) is 0 Å². The molecule has 2 heterocycles. The van der Waals surface area contributed by atoms with E-state index in [1.54, 1.807) is 36.3 Å². The van der Waals surface area contributed by atoms with Crippen molar-refractivity contribution in [3.8, 4) is 0 Å². The highest BCUT2D eigenvalue weighted by Crippen LogP contribution is 2.16. The first-order valence-corrected chi connectivity index (χ1v) is 6.05. The number of rotatable bonds is 5. The van der Waals surface area contributed by atoms with Crippen molar-refractivity contribution in [2.45, 2.75) is 6.54 Å². The van der Waals surface area contributed by atoms with Gasteiger partial charge in [0.25, 0.3) is 5.91 Å². The number of anilines is 1. The highest BCUT2D eigenvalue weighted by Gasteiger charge is 2.12. The van der Waals surface area contributed by atoms with E-state index in [2.05, 4.69) is 25.9 Å².